The van der Waals surface area contributed by atoms with Crippen LogP contribution in [0.25, 0.3) is 0 Å². The molecule has 1 aliphatic rings. The third kappa shape index (κ3) is 3.23. The van der Waals surface area contributed by atoms with Crippen molar-refractivity contribution in [2.75, 3.05) is 19.5 Å². The summed E-state index contributed by atoms with van der Waals surface area (Å²) >= 11 is 5.72. The predicted octanol–water partition coefficient (Wildman–Crippen LogP) is 3.46. The van der Waals surface area contributed by atoms with Crippen LogP contribution in [0.15, 0.2) is 18.2 Å². The number of amides is 1. The minimum Gasteiger partial charge on any atom is -0.494 e. The van der Waals surface area contributed by atoms with E-state index < -0.39 is 5.82 Å². The van der Waals surface area contributed by atoms with E-state index in [1.54, 1.807) is 0 Å². The molecule has 0 unspecified atom stereocenters. The Bertz CT molecular complexity index is 477. The van der Waals surface area contributed by atoms with E-state index in [0.29, 0.717) is 24.0 Å². The monoisotopic (exact) mass is 299 g/mol. The molecule has 0 atom stereocenters. The van der Waals surface area contributed by atoms with Gasteiger partial charge in [0, 0.05) is 24.0 Å². The molecular weight excluding hydrogens is 281 g/mol. The van der Waals surface area contributed by atoms with Gasteiger partial charge in [-0.3, -0.25) is 4.79 Å². The molecule has 0 radical (unpaired) electrons. The molecule has 0 bridgehead atoms. The minimum atomic E-state index is -0.458. The standard InChI is InChI=1S/C15H19ClFNO2/c1-20-14-10-11(6-7-13(14)17)15(19)18(9-3-8-16)12-4-2-5-12/h6-7,10,12H,2-5,8-9H2,1H3. The molecule has 1 fully saturated rings. The van der Waals surface area contributed by atoms with Crippen LogP contribution in [-0.4, -0.2) is 36.4 Å². The fourth-order valence-corrected chi connectivity index (χ4v) is 2.46. The van der Waals surface area contributed by atoms with E-state index in [-0.39, 0.29) is 11.7 Å². The molecule has 2 rings (SSSR count). The molecule has 1 aromatic rings. The van der Waals surface area contributed by atoms with Crippen molar-refractivity contribution < 1.29 is 13.9 Å². The zero-order valence-electron chi connectivity index (χ0n) is 11.6. The largest absolute Gasteiger partial charge is 0.494 e. The van der Waals surface area contributed by atoms with Crippen molar-refractivity contribution in [3.05, 3.63) is 29.6 Å². The Balaban J connectivity index is 2.17. The normalized spacial score (nSPS) is 14.8. The van der Waals surface area contributed by atoms with Crippen LogP contribution >= 0.6 is 11.6 Å². The van der Waals surface area contributed by atoms with E-state index in [1.807, 2.05) is 4.90 Å². The first-order valence-corrected chi connectivity index (χ1v) is 7.41. The summed E-state index contributed by atoms with van der Waals surface area (Å²) in [6.45, 7) is 0.646. The van der Waals surface area contributed by atoms with Gasteiger partial charge in [0.2, 0.25) is 0 Å². The first-order valence-electron chi connectivity index (χ1n) is 6.88. The highest BCUT2D eigenvalue weighted by Gasteiger charge is 2.29. The second-order valence-corrected chi connectivity index (χ2v) is 5.35. The highest BCUT2D eigenvalue weighted by atomic mass is 35.5. The quantitative estimate of drug-likeness (QED) is 0.753. The molecule has 1 saturated carbocycles. The molecule has 5 heteroatoms. The molecule has 0 aliphatic heterocycles. The molecule has 110 valence electrons. The van der Waals surface area contributed by atoms with Crippen LogP contribution in [0.5, 0.6) is 5.75 Å². The molecule has 0 spiro atoms. The number of halogens is 2. The zero-order chi connectivity index (χ0) is 14.5. The first-order chi connectivity index (χ1) is 9.67. The van der Waals surface area contributed by atoms with Gasteiger partial charge in [0.25, 0.3) is 5.91 Å². The summed E-state index contributed by atoms with van der Waals surface area (Å²) in [7, 11) is 1.39. The van der Waals surface area contributed by atoms with E-state index >= 15 is 0 Å². The summed E-state index contributed by atoms with van der Waals surface area (Å²) in [4.78, 5) is 14.4. The summed E-state index contributed by atoms with van der Waals surface area (Å²) in [5.41, 5.74) is 0.463. The number of nitrogens with zero attached hydrogens (tertiary/aromatic N) is 1. The van der Waals surface area contributed by atoms with Crippen molar-refractivity contribution >= 4 is 17.5 Å². The van der Waals surface area contributed by atoms with Crippen molar-refractivity contribution in [2.45, 2.75) is 31.7 Å². The van der Waals surface area contributed by atoms with Crippen molar-refractivity contribution in [1.82, 2.24) is 4.90 Å². The van der Waals surface area contributed by atoms with Crippen molar-refractivity contribution in [3.8, 4) is 5.75 Å². The smallest absolute Gasteiger partial charge is 0.254 e. The number of rotatable bonds is 6. The second kappa shape index (κ2) is 6.93. The lowest BCUT2D eigenvalue weighted by atomic mass is 9.90. The Morgan fingerprint density at radius 2 is 2.25 bits per heavy atom. The predicted molar refractivity (Wildman–Crippen MR) is 77.0 cm³/mol. The van der Waals surface area contributed by atoms with E-state index in [9.17, 15) is 9.18 Å². The van der Waals surface area contributed by atoms with E-state index in [2.05, 4.69) is 0 Å². The first kappa shape index (κ1) is 15.1. The van der Waals surface area contributed by atoms with Crippen LogP contribution in [0.4, 0.5) is 4.39 Å². The Labute approximate surface area is 123 Å². The Morgan fingerprint density at radius 3 is 2.80 bits per heavy atom. The van der Waals surface area contributed by atoms with Crippen molar-refractivity contribution in [2.24, 2.45) is 0 Å². The summed E-state index contributed by atoms with van der Waals surface area (Å²) in [5.74, 6) is 0.100. The Hall–Kier alpha value is -1.29. The highest BCUT2D eigenvalue weighted by molar-refractivity contribution is 6.17. The van der Waals surface area contributed by atoms with Gasteiger partial charge in [-0.25, -0.2) is 4.39 Å². The van der Waals surface area contributed by atoms with Gasteiger partial charge in [0.1, 0.15) is 0 Å². The van der Waals surface area contributed by atoms with E-state index in [4.69, 9.17) is 16.3 Å². The molecule has 3 nitrogen and oxygen atoms in total. The lowest BCUT2D eigenvalue weighted by Gasteiger charge is -2.37. The van der Waals surface area contributed by atoms with Crippen LogP contribution in [-0.2, 0) is 0 Å². The van der Waals surface area contributed by atoms with Gasteiger partial charge in [0.05, 0.1) is 7.11 Å². The molecule has 0 saturated heterocycles. The van der Waals surface area contributed by atoms with Gasteiger partial charge in [-0.2, -0.15) is 0 Å². The van der Waals surface area contributed by atoms with Gasteiger partial charge in [-0.15, -0.1) is 11.6 Å². The summed E-state index contributed by atoms with van der Waals surface area (Å²) in [6, 6.07) is 4.53. The molecule has 0 heterocycles. The molecule has 1 amide bonds. The topological polar surface area (TPSA) is 29.5 Å². The third-order valence-corrected chi connectivity index (χ3v) is 3.97. The second-order valence-electron chi connectivity index (χ2n) is 4.98. The number of hydrogen-bond donors (Lipinski definition) is 0. The van der Waals surface area contributed by atoms with Crippen LogP contribution in [0.1, 0.15) is 36.0 Å². The van der Waals surface area contributed by atoms with Crippen molar-refractivity contribution in [1.29, 1.82) is 0 Å². The van der Waals surface area contributed by atoms with Crippen molar-refractivity contribution in [3.63, 3.8) is 0 Å². The van der Waals surface area contributed by atoms with Gasteiger partial charge in [-0.05, 0) is 43.9 Å². The van der Waals surface area contributed by atoms with Gasteiger partial charge >= 0.3 is 0 Å². The Morgan fingerprint density at radius 1 is 1.50 bits per heavy atom. The summed E-state index contributed by atoms with van der Waals surface area (Å²) in [5, 5.41) is 0. The summed E-state index contributed by atoms with van der Waals surface area (Å²) < 4.78 is 18.3. The number of ether oxygens (including phenoxy) is 1. The SMILES string of the molecule is COc1cc(C(=O)N(CCCCl)C2CCC2)ccc1F. The number of benzene rings is 1. The third-order valence-electron chi connectivity index (χ3n) is 3.71. The molecule has 1 aromatic carbocycles. The minimum absolute atomic E-state index is 0.0712. The number of carbonyl (C=O) groups excluding carboxylic acids is 1. The maximum Gasteiger partial charge on any atom is 0.254 e. The average molecular weight is 300 g/mol. The van der Waals surface area contributed by atoms with Crippen LogP contribution in [0.2, 0.25) is 0 Å². The van der Waals surface area contributed by atoms with Crippen LogP contribution < -0.4 is 4.74 Å². The number of carbonyl (C=O) groups is 1. The molecule has 0 N–H and O–H groups in total. The lowest BCUT2D eigenvalue weighted by Crippen LogP contribution is -2.44. The number of hydrogen-bond acceptors (Lipinski definition) is 2. The van der Waals surface area contributed by atoms with Gasteiger partial charge < -0.3 is 9.64 Å². The fraction of sp³-hybridized carbons (Fsp3) is 0.533. The number of alkyl halides is 1. The molecular formula is C15H19ClFNO2. The van der Waals surface area contributed by atoms with Gasteiger partial charge in [-0.1, -0.05) is 0 Å². The molecule has 20 heavy (non-hydrogen) atoms. The van der Waals surface area contributed by atoms with E-state index in [0.717, 1.165) is 25.7 Å². The van der Waals surface area contributed by atoms with E-state index in [1.165, 1.54) is 25.3 Å². The number of methoxy groups -OCH3 is 1. The van der Waals surface area contributed by atoms with Gasteiger partial charge in [0.15, 0.2) is 11.6 Å². The average Bonchev–Trinajstić information content (AvgIpc) is 2.41. The molecule has 1 aliphatic carbocycles. The maximum absolute atomic E-state index is 13.4. The highest BCUT2D eigenvalue weighted by Crippen LogP contribution is 2.27. The van der Waals surface area contributed by atoms with Crippen LogP contribution in [0, 0.1) is 5.82 Å². The summed E-state index contributed by atoms with van der Waals surface area (Å²) in [6.07, 6.45) is 3.99. The lowest BCUT2D eigenvalue weighted by molar-refractivity contribution is 0.0580. The maximum atomic E-state index is 13.4. The Kier molecular flexibility index (Phi) is 5.24. The molecule has 0 aromatic heterocycles. The fourth-order valence-electron chi connectivity index (χ4n) is 2.34. The zero-order valence-corrected chi connectivity index (χ0v) is 12.3. The van der Waals surface area contributed by atoms with Crippen LogP contribution in [0.3, 0.4) is 0 Å².